The van der Waals surface area contributed by atoms with Crippen molar-refractivity contribution in [2.45, 2.75) is 26.8 Å². The Balaban J connectivity index is 2.07. The van der Waals surface area contributed by atoms with Crippen molar-refractivity contribution in [3.63, 3.8) is 0 Å². The van der Waals surface area contributed by atoms with E-state index in [0.717, 1.165) is 18.5 Å². The molecule has 0 aliphatic carbocycles. The van der Waals surface area contributed by atoms with Gasteiger partial charge in [0.1, 0.15) is 5.75 Å². The first-order valence-electron chi connectivity index (χ1n) is 7.16. The van der Waals surface area contributed by atoms with E-state index >= 15 is 0 Å². The summed E-state index contributed by atoms with van der Waals surface area (Å²) in [6.07, 6.45) is 1.05. The van der Waals surface area contributed by atoms with Crippen LogP contribution in [0.5, 0.6) is 17.2 Å². The van der Waals surface area contributed by atoms with Crippen molar-refractivity contribution in [3.05, 3.63) is 17.7 Å². The quantitative estimate of drug-likeness (QED) is 0.583. The van der Waals surface area contributed by atoms with E-state index in [4.69, 9.17) is 18.9 Å². The molecule has 1 aromatic carbocycles. The van der Waals surface area contributed by atoms with Crippen molar-refractivity contribution >= 4 is 5.97 Å². The molecule has 0 unspecified atom stereocenters. The molecule has 0 bridgehead atoms. The number of nitrogens with one attached hydrogen (secondary N) is 1. The summed E-state index contributed by atoms with van der Waals surface area (Å²) < 4.78 is 21.1. The molecule has 0 amide bonds. The lowest BCUT2D eigenvalue weighted by Crippen LogP contribution is -2.17. The molecule has 21 heavy (non-hydrogen) atoms. The van der Waals surface area contributed by atoms with Crippen molar-refractivity contribution in [3.8, 4) is 17.2 Å². The third-order valence-corrected chi connectivity index (χ3v) is 2.95. The summed E-state index contributed by atoms with van der Waals surface area (Å²) in [4.78, 5) is 11.4. The second kappa shape index (κ2) is 7.73. The number of carbonyl (C=O) groups is 1. The van der Waals surface area contributed by atoms with Gasteiger partial charge in [-0.3, -0.25) is 0 Å². The molecule has 6 nitrogen and oxygen atoms in total. The van der Waals surface area contributed by atoms with Gasteiger partial charge in [-0.1, -0.05) is 6.92 Å². The fourth-order valence-electron chi connectivity index (χ4n) is 1.98. The largest absolute Gasteiger partial charge is 0.481 e. The summed E-state index contributed by atoms with van der Waals surface area (Å²) in [6.45, 7) is 5.85. The first-order valence-corrected chi connectivity index (χ1v) is 7.16. The van der Waals surface area contributed by atoms with Crippen molar-refractivity contribution in [2.75, 3.05) is 26.6 Å². The molecule has 0 spiro atoms. The highest BCUT2D eigenvalue weighted by Gasteiger charge is 2.18. The van der Waals surface area contributed by atoms with E-state index < -0.39 is 0 Å². The summed E-state index contributed by atoms with van der Waals surface area (Å²) in [7, 11) is 0. The highest BCUT2D eigenvalue weighted by atomic mass is 16.7. The Bertz CT molecular complexity index is 489. The lowest BCUT2D eigenvalue weighted by atomic mass is 10.1. The number of ether oxygens (including phenoxy) is 4. The number of fused-ring (bicyclic) bond motifs is 1. The van der Waals surface area contributed by atoms with Crippen LogP contribution in [0.1, 0.15) is 25.8 Å². The van der Waals surface area contributed by atoms with Gasteiger partial charge in [0.2, 0.25) is 6.79 Å². The van der Waals surface area contributed by atoms with Crippen molar-refractivity contribution in [1.82, 2.24) is 5.32 Å². The molecule has 1 aliphatic heterocycles. The number of hydrogen-bond donors (Lipinski definition) is 1. The van der Waals surface area contributed by atoms with Crippen LogP contribution in [0.15, 0.2) is 12.1 Å². The number of esters is 1. The first kappa shape index (κ1) is 15.4. The van der Waals surface area contributed by atoms with E-state index in [1.807, 2.05) is 6.07 Å². The van der Waals surface area contributed by atoms with Crippen molar-refractivity contribution in [1.29, 1.82) is 0 Å². The molecule has 6 heteroatoms. The Hall–Kier alpha value is -1.95. The van der Waals surface area contributed by atoms with Crippen LogP contribution in [0.3, 0.4) is 0 Å². The molecule has 0 saturated heterocycles. The van der Waals surface area contributed by atoms with E-state index in [1.165, 1.54) is 0 Å². The van der Waals surface area contributed by atoms with Gasteiger partial charge in [-0.05, 0) is 26.0 Å². The van der Waals surface area contributed by atoms with Gasteiger partial charge < -0.3 is 24.3 Å². The van der Waals surface area contributed by atoms with Crippen LogP contribution >= 0.6 is 0 Å². The van der Waals surface area contributed by atoms with E-state index in [1.54, 1.807) is 13.0 Å². The molecule has 0 saturated carbocycles. The maximum absolute atomic E-state index is 11.4. The predicted octanol–water partition coefficient (Wildman–Crippen LogP) is 1.86. The van der Waals surface area contributed by atoms with Gasteiger partial charge in [-0.25, -0.2) is 4.79 Å². The predicted molar refractivity (Wildman–Crippen MR) is 76.7 cm³/mol. The standard InChI is InChI=1S/C15H21NO5/c1-3-5-16-8-11-6-13-14(21-10-20-13)7-12(11)19-9-15(17)18-4-2/h6-7,16H,3-5,8-10H2,1-2H3. The van der Waals surface area contributed by atoms with Crippen molar-refractivity contribution in [2.24, 2.45) is 0 Å². The Kier molecular flexibility index (Phi) is 5.68. The normalized spacial score (nSPS) is 12.3. The number of rotatable bonds is 8. The Morgan fingerprint density at radius 3 is 2.76 bits per heavy atom. The minimum atomic E-state index is -0.386. The Morgan fingerprint density at radius 1 is 1.29 bits per heavy atom. The van der Waals surface area contributed by atoms with Crippen LogP contribution in [0, 0.1) is 0 Å². The molecule has 0 fully saturated rings. The molecule has 0 atom stereocenters. The maximum atomic E-state index is 11.4. The average molecular weight is 295 g/mol. The van der Waals surface area contributed by atoms with Crippen LogP contribution in [-0.4, -0.2) is 32.5 Å². The van der Waals surface area contributed by atoms with Crippen LogP contribution in [0.25, 0.3) is 0 Å². The summed E-state index contributed by atoms with van der Waals surface area (Å²) in [6, 6.07) is 3.63. The van der Waals surface area contributed by atoms with Gasteiger partial charge in [0.15, 0.2) is 18.1 Å². The van der Waals surface area contributed by atoms with Crippen molar-refractivity contribution < 1.29 is 23.7 Å². The molecular weight excluding hydrogens is 274 g/mol. The molecule has 0 aromatic heterocycles. The summed E-state index contributed by atoms with van der Waals surface area (Å²) in [5.41, 5.74) is 0.928. The van der Waals surface area contributed by atoms with E-state index in [0.29, 0.717) is 30.4 Å². The third-order valence-electron chi connectivity index (χ3n) is 2.95. The molecule has 1 heterocycles. The van der Waals surface area contributed by atoms with Crippen LogP contribution in [-0.2, 0) is 16.1 Å². The SMILES string of the molecule is CCCNCc1cc2c(cc1OCC(=O)OCC)OCO2. The van der Waals surface area contributed by atoms with Crippen LogP contribution in [0.4, 0.5) is 0 Å². The second-order valence-electron chi connectivity index (χ2n) is 4.58. The zero-order chi connectivity index (χ0) is 15.1. The maximum Gasteiger partial charge on any atom is 0.344 e. The van der Waals surface area contributed by atoms with Gasteiger partial charge in [0.05, 0.1) is 6.61 Å². The number of hydrogen-bond acceptors (Lipinski definition) is 6. The fourth-order valence-corrected chi connectivity index (χ4v) is 1.98. The summed E-state index contributed by atoms with van der Waals surface area (Å²) in [5.74, 6) is 1.55. The molecule has 2 rings (SSSR count). The zero-order valence-electron chi connectivity index (χ0n) is 12.4. The Labute approximate surface area is 124 Å². The Morgan fingerprint density at radius 2 is 2.05 bits per heavy atom. The van der Waals surface area contributed by atoms with Gasteiger partial charge in [-0.15, -0.1) is 0 Å². The molecule has 0 radical (unpaired) electrons. The monoisotopic (exact) mass is 295 g/mol. The van der Waals surface area contributed by atoms with E-state index in [9.17, 15) is 4.79 Å². The highest BCUT2D eigenvalue weighted by Crippen LogP contribution is 2.38. The zero-order valence-corrected chi connectivity index (χ0v) is 12.4. The molecule has 1 aliphatic rings. The van der Waals surface area contributed by atoms with Crippen LogP contribution < -0.4 is 19.5 Å². The lowest BCUT2D eigenvalue weighted by molar-refractivity contribution is -0.145. The third kappa shape index (κ3) is 4.26. The fraction of sp³-hybridized carbons (Fsp3) is 0.533. The smallest absolute Gasteiger partial charge is 0.344 e. The summed E-state index contributed by atoms with van der Waals surface area (Å²) in [5, 5.41) is 3.30. The number of carbonyl (C=O) groups excluding carboxylic acids is 1. The highest BCUT2D eigenvalue weighted by molar-refractivity contribution is 5.71. The number of benzene rings is 1. The minimum Gasteiger partial charge on any atom is -0.481 e. The van der Waals surface area contributed by atoms with Crippen LogP contribution in [0.2, 0.25) is 0 Å². The molecule has 116 valence electrons. The van der Waals surface area contributed by atoms with E-state index in [-0.39, 0.29) is 19.4 Å². The lowest BCUT2D eigenvalue weighted by Gasteiger charge is -2.13. The van der Waals surface area contributed by atoms with Gasteiger partial charge in [0, 0.05) is 18.2 Å². The second-order valence-corrected chi connectivity index (χ2v) is 4.58. The van der Waals surface area contributed by atoms with Gasteiger partial charge in [-0.2, -0.15) is 0 Å². The summed E-state index contributed by atoms with van der Waals surface area (Å²) >= 11 is 0. The molecule has 1 N–H and O–H groups in total. The van der Waals surface area contributed by atoms with Gasteiger partial charge >= 0.3 is 5.97 Å². The first-order chi connectivity index (χ1) is 10.2. The van der Waals surface area contributed by atoms with E-state index in [2.05, 4.69) is 12.2 Å². The average Bonchev–Trinajstić information content (AvgIpc) is 2.92. The topological polar surface area (TPSA) is 66.0 Å². The minimum absolute atomic E-state index is 0.117. The molecule has 1 aromatic rings. The molecular formula is C15H21NO5. The van der Waals surface area contributed by atoms with Gasteiger partial charge in [0.25, 0.3) is 0 Å².